The molecule has 9 N–H and O–H groups in total. The van der Waals surface area contributed by atoms with Gasteiger partial charge in [0.05, 0.1) is 34.3 Å². The van der Waals surface area contributed by atoms with Crippen LogP contribution in [0.1, 0.15) is 58.9 Å². The van der Waals surface area contributed by atoms with Crippen LogP contribution < -0.4 is 37.6 Å². The molecule has 6 amide bonds. The second-order valence-electron chi connectivity index (χ2n) is 12.2. The van der Waals surface area contributed by atoms with Gasteiger partial charge in [-0.15, -0.1) is 0 Å². The number of carbonyl (C=O) groups excluding carboxylic acids is 6. The van der Waals surface area contributed by atoms with Crippen molar-refractivity contribution in [1.82, 2.24) is 28.2 Å². The maximum Gasteiger partial charge on any atom is 0.274 e. The SMILES string of the molecule is Cn1cc(NC(=O)c2cc(NC(=O)c3cc(NC(=O)c4c(NC(=O)c5c(NC=O)ccn5C)ccn4C)cn3C)cn2C)cc1C(=O)NCCC(=N)N. The predicted octanol–water partition coefficient (Wildman–Crippen LogP) is 2.01. The molecule has 0 radical (unpaired) electrons. The first-order chi connectivity index (χ1) is 25.2. The van der Waals surface area contributed by atoms with Gasteiger partial charge in [0.2, 0.25) is 6.41 Å². The van der Waals surface area contributed by atoms with Crippen molar-refractivity contribution in [2.75, 3.05) is 33.1 Å². The van der Waals surface area contributed by atoms with Crippen molar-refractivity contribution < 1.29 is 28.8 Å². The molecule has 5 rings (SSSR count). The minimum Gasteiger partial charge on any atom is -0.388 e. The lowest BCUT2D eigenvalue weighted by Gasteiger charge is -2.11. The van der Waals surface area contributed by atoms with Crippen LogP contribution in [0.5, 0.6) is 0 Å². The van der Waals surface area contributed by atoms with Crippen LogP contribution in [-0.2, 0) is 40.0 Å². The maximum atomic E-state index is 13.4. The summed E-state index contributed by atoms with van der Waals surface area (Å²) in [5.74, 6) is -2.52. The molecule has 0 fully saturated rings. The molecule has 0 saturated carbocycles. The Labute approximate surface area is 302 Å². The second-order valence-corrected chi connectivity index (χ2v) is 12.2. The Morgan fingerprint density at radius 2 is 1.04 bits per heavy atom. The minimum atomic E-state index is -0.554. The molecule has 0 spiro atoms. The van der Waals surface area contributed by atoms with Crippen molar-refractivity contribution in [2.24, 2.45) is 41.0 Å². The van der Waals surface area contributed by atoms with Crippen LogP contribution >= 0.6 is 0 Å². The average molecular weight is 726 g/mol. The quantitative estimate of drug-likeness (QED) is 0.0480. The molecular weight excluding hydrogens is 686 g/mol. The molecule has 0 unspecified atom stereocenters. The standard InChI is InChI=1S/C34H39N13O6/c1-43-10-7-22(38-18-48)28(43)34(53)42-23-8-11-44(2)29(23)33(52)41-21-14-26(47(5)17-21)32(51)40-20-13-25(46(4)16-20)31(50)39-19-12-24(45(3)15-19)30(49)37-9-6-27(35)36/h7-8,10-18H,6,9H2,1-5H3,(H3,35,36)(H,37,49)(H,38,48)(H,39,50)(H,40,51)(H,41,52)(H,42,53). The highest BCUT2D eigenvalue weighted by Crippen LogP contribution is 2.24. The third-order valence-corrected chi connectivity index (χ3v) is 8.20. The van der Waals surface area contributed by atoms with Gasteiger partial charge in [-0.05, 0) is 30.3 Å². The van der Waals surface area contributed by atoms with E-state index in [1.165, 1.54) is 36.5 Å². The molecule has 5 aromatic heterocycles. The largest absolute Gasteiger partial charge is 0.388 e. The second kappa shape index (κ2) is 15.3. The summed E-state index contributed by atoms with van der Waals surface area (Å²) in [7, 11) is 8.21. The Bertz CT molecular complexity index is 2260. The van der Waals surface area contributed by atoms with Crippen LogP contribution in [0, 0.1) is 5.41 Å². The fourth-order valence-electron chi connectivity index (χ4n) is 5.64. The third kappa shape index (κ3) is 8.20. The summed E-state index contributed by atoms with van der Waals surface area (Å²) in [6.45, 7) is 0.201. The number of hydrogen-bond acceptors (Lipinski definition) is 7. The molecular formula is C34H39N13O6. The van der Waals surface area contributed by atoms with E-state index in [1.807, 2.05) is 0 Å². The molecule has 0 atom stereocenters. The summed E-state index contributed by atoms with van der Waals surface area (Å²) in [6.07, 6.45) is 8.60. The van der Waals surface area contributed by atoms with Gasteiger partial charge in [-0.1, -0.05) is 0 Å². The number of anilines is 5. The summed E-state index contributed by atoms with van der Waals surface area (Å²) >= 11 is 0. The number of aromatic nitrogens is 5. The number of nitrogens with two attached hydrogens (primary N) is 1. The van der Waals surface area contributed by atoms with Gasteiger partial charge in [0.15, 0.2) is 0 Å². The van der Waals surface area contributed by atoms with Gasteiger partial charge >= 0.3 is 0 Å². The number of rotatable bonds is 14. The van der Waals surface area contributed by atoms with Gasteiger partial charge in [0, 0.05) is 79.2 Å². The number of hydrogen-bond donors (Lipinski definition) is 8. The summed E-state index contributed by atoms with van der Waals surface area (Å²) in [6, 6.07) is 7.63. The zero-order valence-corrected chi connectivity index (χ0v) is 29.5. The van der Waals surface area contributed by atoms with Gasteiger partial charge in [0.25, 0.3) is 29.5 Å². The number of aryl methyl sites for hydroxylation is 5. The zero-order valence-electron chi connectivity index (χ0n) is 29.5. The van der Waals surface area contributed by atoms with Crippen LogP contribution in [-0.4, -0.2) is 71.2 Å². The maximum absolute atomic E-state index is 13.4. The van der Waals surface area contributed by atoms with E-state index in [2.05, 4.69) is 31.9 Å². The first-order valence-electron chi connectivity index (χ1n) is 16.0. The summed E-state index contributed by atoms with van der Waals surface area (Å²) in [5, 5.41) is 23.4. The molecule has 276 valence electrons. The topological polar surface area (TPSA) is 249 Å². The highest BCUT2D eigenvalue weighted by Gasteiger charge is 2.23. The molecule has 0 aliphatic rings. The Hall–Kier alpha value is -7.31. The van der Waals surface area contributed by atoms with Crippen molar-refractivity contribution in [3.05, 3.63) is 89.8 Å². The molecule has 5 heterocycles. The van der Waals surface area contributed by atoms with E-state index in [0.717, 1.165) is 0 Å². The number of amidine groups is 1. The normalized spacial score (nSPS) is 10.7. The van der Waals surface area contributed by atoms with Gasteiger partial charge in [-0.3, -0.25) is 34.2 Å². The molecule has 0 bridgehead atoms. The lowest BCUT2D eigenvalue weighted by Crippen LogP contribution is -2.28. The first kappa shape index (κ1) is 37.0. The van der Waals surface area contributed by atoms with Crippen molar-refractivity contribution in [1.29, 1.82) is 5.41 Å². The number of nitrogens with one attached hydrogen (secondary N) is 7. The van der Waals surface area contributed by atoms with Crippen LogP contribution in [0.4, 0.5) is 28.4 Å². The minimum absolute atomic E-state index is 0.0433. The van der Waals surface area contributed by atoms with Crippen molar-refractivity contribution in [3.63, 3.8) is 0 Å². The van der Waals surface area contributed by atoms with E-state index in [0.29, 0.717) is 34.9 Å². The predicted molar refractivity (Wildman–Crippen MR) is 197 cm³/mol. The summed E-state index contributed by atoms with van der Waals surface area (Å²) < 4.78 is 7.69. The summed E-state index contributed by atoms with van der Waals surface area (Å²) in [5.41, 5.74) is 7.94. The molecule has 0 aliphatic heterocycles. The third-order valence-electron chi connectivity index (χ3n) is 8.20. The molecule has 53 heavy (non-hydrogen) atoms. The Balaban J connectivity index is 1.22. The molecule has 0 aromatic carbocycles. The first-order valence-corrected chi connectivity index (χ1v) is 16.0. The summed E-state index contributed by atoms with van der Waals surface area (Å²) in [4.78, 5) is 76.5. The smallest absolute Gasteiger partial charge is 0.274 e. The van der Waals surface area contributed by atoms with Crippen molar-refractivity contribution in [3.8, 4) is 0 Å². The number of nitrogens with zero attached hydrogens (tertiary/aromatic N) is 5. The zero-order chi connectivity index (χ0) is 38.6. The van der Waals surface area contributed by atoms with Crippen molar-refractivity contribution in [2.45, 2.75) is 6.42 Å². The molecule has 0 saturated heterocycles. The Morgan fingerprint density at radius 3 is 1.51 bits per heavy atom. The number of amides is 6. The fourth-order valence-corrected chi connectivity index (χ4v) is 5.64. The van der Waals surface area contributed by atoms with Crippen LogP contribution in [0.2, 0.25) is 0 Å². The monoisotopic (exact) mass is 725 g/mol. The number of carbonyl (C=O) groups is 6. The van der Waals surface area contributed by atoms with E-state index >= 15 is 0 Å². The van der Waals surface area contributed by atoms with Crippen LogP contribution in [0.15, 0.2) is 61.3 Å². The van der Waals surface area contributed by atoms with Gasteiger partial charge in [0.1, 0.15) is 28.5 Å². The lowest BCUT2D eigenvalue weighted by atomic mass is 10.3. The van der Waals surface area contributed by atoms with E-state index in [9.17, 15) is 28.8 Å². The van der Waals surface area contributed by atoms with Crippen LogP contribution in [0.25, 0.3) is 0 Å². The average Bonchev–Trinajstić information content (AvgIpc) is 3.90. The van der Waals surface area contributed by atoms with E-state index in [4.69, 9.17) is 11.1 Å². The van der Waals surface area contributed by atoms with E-state index in [1.54, 1.807) is 82.9 Å². The molecule has 5 aromatic rings. The van der Waals surface area contributed by atoms with E-state index < -0.39 is 23.6 Å². The van der Waals surface area contributed by atoms with E-state index in [-0.39, 0.29) is 53.2 Å². The van der Waals surface area contributed by atoms with Gasteiger partial charge < -0.3 is 60.5 Å². The van der Waals surface area contributed by atoms with Crippen molar-refractivity contribution >= 4 is 70.2 Å². The Morgan fingerprint density at radius 1 is 0.623 bits per heavy atom. The highest BCUT2D eigenvalue weighted by molar-refractivity contribution is 6.14. The van der Waals surface area contributed by atoms with Gasteiger partial charge in [-0.2, -0.15) is 0 Å². The van der Waals surface area contributed by atoms with Crippen LogP contribution in [0.3, 0.4) is 0 Å². The van der Waals surface area contributed by atoms with Gasteiger partial charge in [-0.25, -0.2) is 0 Å². The molecule has 19 heteroatoms. The highest BCUT2D eigenvalue weighted by atomic mass is 16.2. The lowest BCUT2D eigenvalue weighted by molar-refractivity contribution is -0.105. The molecule has 0 aliphatic carbocycles. The fraction of sp³-hybridized carbons (Fsp3) is 0.206. The Kier molecular flexibility index (Phi) is 10.7. The molecule has 19 nitrogen and oxygen atoms in total.